The first kappa shape index (κ1) is 8.98. The summed E-state index contributed by atoms with van der Waals surface area (Å²) in [7, 11) is 0. The van der Waals surface area contributed by atoms with Crippen LogP contribution < -0.4 is 0 Å². The van der Waals surface area contributed by atoms with Gasteiger partial charge in [0.15, 0.2) is 5.28 Å². The van der Waals surface area contributed by atoms with Gasteiger partial charge in [-0.1, -0.05) is 12.1 Å². The number of H-pyrrole nitrogens is 1. The highest BCUT2D eigenvalue weighted by atomic mass is 35.5. The topological polar surface area (TPSA) is 28.7 Å². The van der Waals surface area contributed by atoms with Crippen LogP contribution in [0.3, 0.4) is 0 Å². The highest BCUT2D eigenvalue weighted by Gasteiger charge is 2.11. The molecule has 2 aromatic rings. The van der Waals surface area contributed by atoms with Crippen molar-refractivity contribution in [3.8, 4) is 11.3 Å². The van der Waals surface area contributed by atoms with Crippen molar-refractivity contribution in [1.82, 2.24) is 9.97 Å². The zero-order valence-corrected chi connectivity index (χ0v) is 9.01. The van der Waals surface area contributed by atoms with Gasteiger partial charge in [-0.25, -0.2) is 4.98 Å². The van der Waals surface area contributed by atoms with Crippen LogP contribution in [0.15, 0.2) is 24.4 Å². The molecule has 15 heavy (non-hydrogen) atoms. The van der Waals surface area contributed by atoms with E-state index in [1.165, 1.54) is 36.0 Å². The van der Waals surface area contributed by atoms with Gasteiger partial charge in [-0.05, 0) is 53.6 Å². The van der Waals surface area contributed by atoms with E-state index in [-0.39, 0.29) is 0 Å². The average molecular weight is 219 g/mol. The fourth-order valence-corrected chi connectivity index (χ4v) is 2.33. The minimum atomic E-state index is 0.450. The van der Waals surface area contributed by atoms with Crippen molar-refractivity contribution < 1.29 is 0 Å². The molecule has 1 heterocycles. The molecule has 0 bridgehead atoms. The van der Waals surface area contributed by atoms with E-state index in [0.29, 0.717) is 5.28 Å². The molecule has 76 valence electrons. The van der Waals surface area contributed by atoms with Gasteiger partial charge in [-0.3, -0.25) is 0 Å². The Bertz CT molecular complexity index is 502. The van der Waals surface area contributed by atoms with Gasteiger partial charge < -0.3 is 4.98 Å². The second-order valence-corrected chi connectivity index (χ2v) is 4.28. The lowest BCUT2D eigenvalue weighted by molar-refractivity contribution is 0.912. The third-order valence-electron chi connectivity index (χ3n) is 2.95. The molecule has 1 aromatic carbocycles. The maximum absolute atomic E-state index is 5.76. The molecule has 0 fully saturated rings. The van der Waals surface area contributed by atoms with E-state index in [1.807, 2.05) is 0 Å². The number of hydrogen-bond acceptors (Lipinski definition) is 1. The Hall–Kier alpha value is -1.28. The molecule has 2 nitrogen and oxygen atoms in total. The Morgan fingerprint density at radius 3 is 2.87 bits per heavy atom. The zero-order chi connectivity index (χ0) is 10.3. The Morgan fingerprint density at radius 1 is 1.20 bits per heavy atom. The number of rotatable bonds is 1. The number of aromatic nitrogens is 2. The SMILES string of the molecule is Clc1ncc(-c2ccc3c(c2)CCC3)[nH]1. The second-order valence-electron chi connectivity index (χ2n) is 3.92. The van der Waals surface area contributed by atoms with Crippen molar-refractivity contribution in [3.05, 3.63) is 40.8 Å². The summed E-state index contributed by atoms with van der Waals surface area (Å²) in [6.45, 7) is 0. The molecule has 1 aliphatic carbocycles. The van der Waals surface area contributed by atoms with Gasteiger partial charge >= 0.3 is 0 Å². The first-order valence-electron chi connectivity index (χ1n) is 5.15. The van der Waals surface area contributed by atoms with Crippen LogP contribution in [0, 0.1) is 0 Å². The van der Waals surface area contributed by atoms with E-state index in [2.05, 4.69) is 28.2 Å². The monoisotopic (exact) mass is 218 g/mol. The summed E-state index contributed by atoms with van der Waals surface area (Å²) in [6.07, 6.45) is 5.48. The molecule has 0 saturated heterocycles. The quantitative estimate of drug-likeness (QED) is 0.782. The summed E-state index contributed by atoms with van der Waals surface area (Å²) in [4.78, 5) is 7.03. The molecule has 0 saturated carbocycles. The smallest absolute Gasteiger partial charge is 0.200 e. The predicted molar refractivity (Wildman–Crippen MR) is 61.1 cm³/mol. The number of imidazole rings is 1. The third-order valence-corrected chi connectivity index (χ3v) is 3.15. The third kappa shape index (κ3) is 1.55. The zero-order valence-electron chi connectivity index (χ0n) is 8.26. The molecule has 1 aliphatic rings. The summed E-state index contributed by atoms with van der Waals surface area (Å²) in [5, 5.41) is 0.450. The molecule has 0 unspecified atom stereocenters. The van der Waals surface area contributed by atoms with Gasteiger partial charge in [-0.2, -0.15) is 0 Å². The van der Waals surface area contributed by atoms with Crippen molar-refractivity contribution >= 4 is 11.6 Å². The molecule has 3 rings (SSSR count). The van der Waals surface area contributed by atoms with E-state index >= 15 is 0 Å². The Balaban J connectivity index is 2.06. The lowest BCUT2D eigenvalue weighted by Crippen LogP contribution is -1.84. The van der Waals surface area contributed by atoms with Crippen LogP contribution in [0.1, 0.15) is 17.5 Å². The summed E-state index contributed by atoms with van der Waals surface area (Å²) >= 11 is 5.76. The number of aryl methyl sites for hydroxylation is 2. The average Bonchev–Trinajstić information content (AvgIpc) is 2.84. The van der Waals surface area contributed by atoms with E-state index in [0.717, 1.165) is 5.69 Å². The maximum Gasteiger partial charge on any atom is 0.200 e. The second kappa shape index (κ2) is 3.38. The number of nitrogens with one attached hydrogen (secondary N) is 1. The van der Waals surface area contributed by atoms with Crippen LogP contribution in [0.2, 0.25) is 5.28 Å². The molecular formula is C12H11ClN2. The van der Waals surface area contributed by atoms with Crippen LogP contribution in [0.5, 0.6) is 0 Å². The molecule has 1 aromatic heterocycles. The molecule has 0 aliphatic heterocycles. The van der Waals surface area contributed by atoms with Crippen LogP contribution in [-0.2, 0) is 12.8 Å². The normalized spacial score (nSPS) is 14.2. The Kier molecular flexibility index (Phi) is 2.03. The fourth-order valence-electron chi connectivity index (χ4n) is 2.18. The summed E-state index contributed by atoms with van der Waals surface area (Å²) < 4.78 is 0. The highest BCUT2D eigenvalue weighted by molar-refractivity contribution is 6.28. The highest BCUT2D eigenvalue weighted by Crippen LogP contribution is 2.27. The van der Waals surface area contributed by atoms with Gasteiger partial charge in [-0.15, -0.1) is 0 Å². The minimum Gasteiger partial charge on any atom is -0.329 e. The number of benzene rings is 1. The molecule has 0 atom stereocenters. The standard InChI is InChI=1S/C12H11ClN2/c13-12-14-7-11(15-12)10-5-4-8-2-1-3-9(8)6-10/h4-7H,1-3H2,(H,14,15). The summed E-state index contributed by atoms with van der Waals surface area (Å²) in [5.41, 5.74) is 5.13. The largest absolute Gasteiger partial charge is 0.329 e. The van der Waals surface area contributed by atoms with Gasteiger partial charge in [0.25, 0.3) is 0 Å². The first-order chi connectivity index (χ1) is 7.33. The van der Waals surface area contributed by atoms with E-state index < -0.39 is 0 Å². The van der Waals surface area contributed by atoms with E-state index in [4.69, 9.17) is 11.6 Å². The van der Waals surface area contributed by atoms with Crippen molar-refractivity contribution in [3.63, 3.8) is 0 Å². The molecular weight excluding hydrogens is 208 g/mol. The van der Waals surface area contributed by atoms with Crippen LogP contribution in [0.25, 0.3) is 11.3 Å². The van der Waals surface area contributed by atoms with Crippen molar-refractivity contribution in [2.24, 2.45) is 0 Å². The fraction of sp³-hybridized carbons (Fsp3) is 0.250. The molecule has 3 heteroatoms. The number of hydrogen-bond donors (Lipinski definition) is 1. The lowest BCUT2D eigenvalue weighted by Gasteiger charge is -2.02. The van der Waals surface area contributed by atoms with Crippen LogP contribution in [0.4, 0.5) is 0 Å². The summed E-state index contributed by atoms with van der Waals surface area (Å²) in [6, 6.07) is 6.59. The maximum atomic E-state index is 5.76. The number of fused-ring (bicyclic) bond motifs is 1. The summed E-state index contributed by atoms with van der Waals surface area (Å²) in [5.74, 6) is 0. The van der Waals surface area contributed by atoms with Crippen molar-refractivity contribution in [2.45, 2.75) is 19.3 Å². The minimum absolute atomic E-state index is 0.450. The van der Waals surface area contributed by atoms with E-state index in [9.17, 15) is 0 Å². The molecule has 0 amide bonds. The lowest BCUT2D eigenvalue weighted by atomic mass is 10.1. The molecule has 0 radical (unpaired) electrons. The Morgan fingerprint density at radius 2 is 2.07 bits per heavy atom. The van der Waals surface area contributed by atoms with E-state index in [1.54, 1.807) is 6.20 Å². The van der Waals surface area contributed by atoms with Gasteiger partial charge in [0.2, 0.25) is 0 Å². The van der Waals surface area contributed by atoms with Gasteiger partial charge in [0.1, 0.15) is 0 Å². The molecule has 1 N–H and O–H groups in total. The van der Waals surface area contributed by atoms with Crippen LogP contribution in [-0.4, -0.2) is 9.97 Å². The van der Waals surface area contributed by atoms with Crippen LogP contribution >= 0.6 is 11.6 Å². The van der Waals surface area contributed by atoms with Gasteiger partial charge in [0, 0.05) is 0 Å². The van der Waals surface area contributed by atoms with Crippen molar-refractivity contribution in [1.29, 1.82) is 0 Å². The number of nitrogens with zero attached hydrogens (tertiary/aromatic N) is 1. The van der Waals surface area contributed by atoms with Gasteiger partial charge in [0.05, 0.1) is 11.9 Å². The number of aromatic amines is 1. The van der Waals surface area contributed by atoms with Crippen molar-refractivity contribution in [2.75, 3.05) is 0 Å². The Labute approximate surface area is 93.3 Å². The number of halogens is 1. The first-order valence-corrected chi connectivity index (χ1v) is 5.53. The molecule has 0 spiro atoms. The predicted octanol–water partition coefficient (Wildman–Crippen LogP) is 3.22.